The molecule has 1 aromatic carbocycles. The van der Waals surface area contributed by atoms with E-state index in [9.17, 15) is 18.0 Å². The van der Waals surface area contributed by atoms with Gasteiger partial charge in [0.1, 0.15) is 11.4 Å². The van der Waals surface area contributed by atoms with E-state index in [4.69, 9.17) is 4.74 Å². The van der Waals surface area contributed by atoms with Gasteiger partial charge in [0.2, 0.25) is 0 Å². The number of anilines is 1. The molecule has 2 atom stereocenters. The Morgan fingerprint density at radius 2 is 2.07 bits per heavy atom. The van der Waals surface area contributed by atoms with Crippen molar-refractivity contribution in [3.05, 3.63) is 53.3 Å². The Balaban J connectivity index is 1.72. The molecule has 3 rings (SSSR count). The highest BCUT2D eigenvalue weighted by molar-refractivity contribution is 5.90. The molecule has 0 saturated carbocycles. The molecule has 1 aromatic heterocycles. The van der Waals surface area contributed by atoms with Crippen LogP contribution in [-0.4, -0.2) is 35.6 Å². The SMILES string of the molecule is COc1cccnc1C1(F)CCN(C(=O)Nc2ccc(C(F)(F)F)cc2C)C(C)C1. The number of carbonyl (C=O) groups is 1. The lowest BCUT2D eigenvalue weighted by molar-refractivity contribution is -0.137. The van der Waals surface area contributed by atoms with Crippen LogP contribution in [0.15, 0.2) is 36.5 Å². The average molecular weight is 425 g/mol. The molecule has 2 unspecified atom stereocenters. The number of ether oxygens (including phenoxy) is 1. The van der Waals surface area contributed by atoms with E-state index < -0.39 is 29.5 Å². The monoisotopic (exact) mass is 425 g/mol. The molecule has 5 nitrogen and oxygen atoms in total. The molecule has 2 amide bonds. The first-order chi connectivity index (χ1) is 14.0. The van der Waals surface area contributed by atoms with Crippen molar-refractivity contribution < 1.29 is 27.1 Å². The summed E-state index contributed by atoms with van der Waals surface area (Å²) in [6.45, 7) is 3.34. The molecule has 9 heteroatoms. The summed E-state index contributed by atoms with van der Waals surface area (Å²) in [5.74, 6) is 0.352. The van der Waals surface area contributed by atoms with Gasteiger partial charge in [0.05, 0.1) is 12.7 Å². The van der Waals surface area contributed by atoms with Crippen molar-refractivity contribution in [1.29, 1.82) is 0 Å². The number of piperidine rings is 1. The molecule has 1 N–H and O–H groups in total. The molecule has 30 heavy (non-hydrogen) atoms. The number of alkyl halides is 4. The summed E-state index contributed by atoms with van der Waals surface area (Å²) in [7, 11) is 1.45. The number of nitrogens with zero attached hydrogens (tertiary/aromatic N) is 2. The van der Waals surface area contributed by atoms with Crippen molar-refractivity contribution in [2.24, 2.45) is 0 Å². The smallest absolute Gasteiger partial charge is 0.416 e. The number of nitrogens with one attached hydrogen (secondary N) is 1. The van der Waals surface area contributed by atoms with E-state index in [0.29, 0.717) is 11.3 Å². The average Bonchev–Trinajstić information content (AvgIpc) is 2.68. The van der Waals surface area contributed by atoms with E-state index in [0.717, 1.165) is 12.1 Å². The number of aromatic nitrogens is 1. The van der Waals surface area contributed by atoms with Crippen LogP contribution in [0.2, 0.25) is 0 Å². The molecule has 2 heterocycles. The van der Waals surface area contributed by atoms with Crippen LogP contribution in [0.3, 0.4) is 0 Å². The lowest BCUT2D eigenvalue weighted by Gasteiger charge is -2.41. The Kier molecular flexibility index (Phi) is 5.92. The van der Waals surface area contributed by atoms with E-state index in [-0.39, 0.29) is 30.8 Å². The fourth-order valence-corrected chi connectivity index (χ4v) is 3.77. The van der Waals surface area contributed by atoms with Crippen LogP contribution in [0.5, 0.6) is 5.75 Å². The van der Waals surface area contributed by atoms with Crippen LogP contribution in [0.4, 0.5) is 28.0 Å². The summed E-state index contributed by atoms with van der Waals surface area (Å²) in [5.41, 5.74) is -1.74. The molecule has 162 valence electrons. The van der Waals surface area contributed by atoms with Gasteiger partial charge < -0.3 is 15.0 Å². The fraction of sp³-hybridized carbons (Fsp3) is 0.429. The zero-order valence-electron chi connectivity index (χ0n) is 16.9. The van der Waals surface area contributed by atoms with Gasteiger partial charge in [0, 0.05) is 37.3 Å². The van der Waals surface area contributed by atoms with Crippen molar-refractivity contribution in [1.82, 2.24) is 9.88 Å². The first-order valence-corrected chi connectivity index (χ1v) is 9.49. The van der Waals surface area contributed by atoms with Crippen LogP contribution in [0.25, 0.3) is 0 Å². The first-order valence-electron chi connectivity index (χ1n) is 9.49. The molecule has 0 radical (unpaired) electrons. The maximum absolute atomic E-state index is 15.7. The second-order valence-electron chi connectivity index (χ2n) is 7.47. The Hall–Kier alpha value is -2.84. The summed E-state index contributed by atoms with van der Waals surface area (Å²) in [5, 5.41) is 2.64. The highest BCUT2D eigenvalue weighted by Gasteiger charge is 2.44. The van der Waals surface area contributed by atoms with E-state index in [1.165, 1.54) is 31.2 Å². The third kappa shape index (κ3) is 4.34. The molecular weight excluding hydrogens is 402 g/mol. The largest absolute Gasteiger partial charge is 0.495 e. The van der Waals surface area contributed by atoms with Crippen LogP contribution < -0.4 is 10.1 Å². The number of benzene rings is 1. The predicted molar refractivity (Wildman–Crippen MR) is 104 cm³/mol. The van der Waals surface area contributed by atoms with Crippen LogP contribution in [0.1, 0.15) is 36.6 Å². The highest BCUT2D eigenvalue weighted by atomic mass is 19.4. The minimum atomic E-state index is -4.45. The van der Waals surface area contributed by atoms with Gasteiger partial charge in [-0.05, 0) is 49.7 Å². The number of likely N-dealkylation sites (tertiary alicyclic amines) is 1. The van der Waals surface area contributed by atoms with Gasteiger partial charge >= 0.3 is 12.2 Å². The summed E-state index contributed by atoms with van der Waals surface area (Å²) in [6, 6.07) is 5.48. The van der Waals surface area contributed by atoms with Crippen molar-refractivity contribution in [2.45, 2.75) is 44.6 Å². The molecule has 2 aromatic rings. The Morgan fingerprint density at radius 3 is 2.67 bits per heavy atom. The quantitative estimate of drug-likeness (QED) is 0.679. The Bertz CT molecular complexity index is 935. The topological polar surface area (TPSA) is 54.5 Å². The maximum atomic E-state index is 15.7. The zero-order chi connectivity index (χ0) is 22.1. The number of rotatable bonds is 3. The molecule has 0 aliphatic carbocycles. The normalized spacial score (nSPS) is 22.0. The van der Waals surface area contributed by atoms with Crippen LogP contribution in [0, 0.1) is 6.92 Å². The maximum Gasteiger partial charge on any atom is 0.416 e. The van der Waals surface area contributed by atoms with Gasteiger partial charge in [0.15, 0.2) is 5.67 Å². The Labute approximate surface area is 172 Å². The van der Waals surface area contributed by atoms with Gasteiger partial charge in [0.25, 0.3) is 0 Å². The number of carbonyl (C=O) groups excluding carboxylic acids is 1. The highest BCUT2D eigenvalue weighted by Crippen LogP contribution is 2.42. The molecule has 1 aliphatic heterocycles. The van der Waals surface area contributed by atoms with Crippen molar-refractivity contribution in [3.8, 4) is 5.75 Å². The molecule has 0 spiro atoms. The van der Waals surface area contributed by atoms with Crippen molar-refractivity contribution in [2.75, 3.05) is 19.0 Å². The second-order valence-corrected chi connectivity index (χ2v) is 7.47. The molecule has 1 aliphatic rings. The first kappa shape index (κ1) is 21.9. The summed E-state index contributed by atoms with van der Waals surface area (Å²) >= 11 is 0. The molecule has 1 saturated heterocycles. The van der Waals surface area contributed by atoms with Gasteiger partial charge in [-0.15, -0.1) is 0 Å². The number of halogens is 4. The Morgan fingerprint density at radius 1 is 1.33 bits per heavy atom. The number of aryl methyl sites for hydroxylation is 1. The van der Waals surface area contributed by atoms with Gasteiger partial charge in [-0.1, -0.05) is 0 Å². The van der Waals surface area contributed by atoms with E-state index in [1.54, 1.807) is 19.1 Å². The summed E-state index contributed by atoms with van der Waals surface area (Å²) in [4.78, 5) is 18.3. The third-order valence-corrected chi connectivity index (χ3v) is 5.37. The minimum Gasteiger partial charge on any atom is -0.495 e. The fourth-order valence-electron chi connectivity index (χ4n) is 3.77. The number of methoxy groups -OCH3 is 1. The van der Waals surface area contributed by atoms with E-state index >= 15 is 4.39 Å². The number of urea groups is 1. The summed E-state index contributed by atoms with van der Waals surface area (Å²) in [6.07, 6.45) is -2.90. The zero-order valence-corrected chi connectivity index (χ0v) is 16.9. The minimum absolute atomic E-state index is 0.0276. The standard InChI is InChI=1S/C21H23F4N3O2/c1-13-11-15(21(23,24)25)6-7-16(13)27-19(29)28-10-8-20(22,12-14(28)2)18-17(30-3)5-4-9-26-18/h4-7,9,11,14H,8,10,12H2,1-3H3,(H,27,29). The summed E-state index contributed by atoms with van der Waals surface area (Å²) < 4.78 is 59.4. The van der Waals surface area contributed by atoms with Crippen molar-refractivity contribution >= 4 is 11.7 Å². The number of pyridine rings is 1. The lowest BCUT2D eigenvalue weighted by Crippen LogP contribution is -2.50. The number of amides is 2. The molecule has 1 fully saturated rings. The number of hydrogen-bond acceptors (Lipinski definition) is 3. The number of hydrogen-bond donors (Lipinski definition) is 1. The van der Waals surface area contributed by atoms with Gasteiger partial charge in [-0.2, -0.15) is 13.2 Å². The van der Waals surface area contributed by atoms with Crippen LogP contribution in [-0.2, 0) is 11.8 Å². The predicted octanol–water partition coefficient (Wildman–Crippen LogP) is 5.30. The molecule has 0 bridgehead atoms. The second kappa shape index (κ2) is 8.12. The van der Waals surface area contributed by atoms with Crippen molar-refractivity contribution in [3.63, 3.8) is 0 Å². The van der Waals surface area contributed by atoms with Gasteiger partial charge in [-0.25, -0.2) is 9.18 Å². The van der Waals surface area contributed by atoms with E-state index in [1.807, 2.05) is 0 Å². The van der Waals surface area contributed by atoms with Gasteiger partial charge in [-0.3, -0.25) is 4.98 Å². The van der Waals surface area contributed by atoms with Crippen LogP contribution >= 0.6 is 0 Å². The molecular formula is C21H23F4N3O2. The lowest BCUT2D eigenvalue weighted by atomic mass is 9.85. The third-order valence-electron chi connectivity index (χ3n) is 5.37. The van der Waals surface area contributed by atoms with E-state index in [2.05, 4.69) is 10.3 Å².